The zero-order valence-corrected chi connectivity index (χ0v) is 19.9. The molecule has 0 aliphatic carbocycles. The molecule has 0 atom stereocenters. The Bertz CT molecular complexity index is 1330. The van der Waals surface area contributed by atoms with E-state index in [9.17, 15) is 4.79 Å². The van der Waals surface area contributed by atoms with E-state index in [4.69, 9.17) is 9.72 Å². The lowest BCUT2D eigenvalue weighted by molar-refractivity contribution is 0.0652. The van der Waals surface area contributed by atoms with Crippen molar-refractivity contribution in [2.45, 2.75) is 0 Å². The number of aromatic nitrogens is 1. The largest absolute Gasteiger partial charge is 0.497 e. The Morgan fingerprint density at radius 1 is 0.914 bits per heavy atom. The van der Waals surface area contributed by atoms with Crippen LogP contribution in [0.2, 0.25) is 0 Å². The summed E-state index contributed by atoms with van der Waals surface area (Å²) in [5.41, 5.74) is 4.49. The molecular formula is C30H29N3O2. The summed E-state index contributed by atoms with van der Waals surface area (Å²) in [5.74, 6) is 0.861. The summed E-state index contributed by atoms with van der Waals surface area (Å²) < 4.78 is 5.28. The van der Waals surface area contributed by atoms with Gasteiger partial charge in [0.1, 0.15) is 5.75 Å². The minimum Gasteiger partial charge on any atom is -0.497 e. The van der Waals surface area contributed by atoms with Gasteiger partial charge in [-0.05, 0) is 42.0 Å². The van der Waals surface area contributed by atoms with E-state index in [-0.39, 0.29) is 5.91 Å². The topological polar surface area (TPSA) is 45.7 Å². The molecule has 5 nitrogen and oxygen atoms in total. The van der Waals surface area contributed by atoms with Crippen LogP contribution >= 0.6 is 0 Å². The van der Waals surface area contributed by atoms with Crippen LogP contribution in [0.15, 0.2) is 91.0 Å². The van der Waals surface area contributed by atoms with Gasteiger partial charge in [-0.25, -0.2) is 4.98 Å². The quantitative estimate of drug-likeness (QED) is 0.385. The van der Waals surface area contributed by atoms with E-state index < -0.39 is 0 Å². The number of rotatable bonds is 6. The van der Waals surface area contributed by atoms with Crippen LogP contribution < -0.4 is 4.74 Å². The fourth-order valence-corrected chi connectivity index (χ4v) is 4.47. The Kier molecular flexibility index (Phi) is 6.87. The molecule has 1 fully saturated rings. The first kappa shape index (κ1) is 22.8. The van der Waals surface area contributed by atoms with E-state index in [2.05, 4.69) is 29.2 Å². The summed E-state index contributed by atoms with van der Waals surface area (Å²) in [5, 5.41) is 0.892. The normalized spacial score (nSPS) is 14.5. The highest BCUT2D eigenvalue weighted by molar-refractivity contribution is 6.07. The van der Waals surface area contributed by atoms with E-state index in [1.54, 1.807) is 7.11 Å². The molecule has 5 heteroatoms. The summed E-state index contributed by atoms with van der Waals surface area (Å²) in [6, 6.07) is 27.9. The van der Waals surface area contributed by atoms with Crippen molar-refractivity contribution in [2.24, 2.45) is 0 Å². The number of amides is 1. The zero-order chi connectivity index (χ0) is 24.0. The molecule has 0 unspecified atom stereocenters. The average molecular weight is 464 g/mol. The lowest BCUT2D eigenvalue weighted by Crippen LogP contribution is -2.48. The first-order valence-corrected chi connectivity index (χ1v) is 12.0. The van der Waals surface area contributed by atoms with Gasteiger partial charge in [0, 0.05) is 43.7 Å². The molecule has 176 valence electrons. The summed E-state index contributed by atoms with van der Waals surface area (Å²) in [4.78, 5) is 22.8. The van der Waals surface area contributed by atoms with Crippen LogP contribution in [0.25, 0.3) is 28.2 Å². The molecule has 1 aliphatic rings. The highest BCUT2D eigenvalue weighted by atomic mass is 16.5. The Morgan fingerprint density at radius 3 is 2.37 bits per heavy atom. The maximum Gasteiger partial charge on any atom is 0.254 e. The van der Waals surface area contributed by atoms with E-state index in [0.717, 1.165) is 47.5 Å². The number of piperazine rings is 1. The third-order valence-corrected chi connectivity index (χ3v) is 6.47. The first-order valence-electron chi connectivity index (χ1n) is 12.0. The van der Waals surface area contributed by atoms with Crippen molar-refractivity contribution in [1.82, 2.24) is 14.8 Å². The van der Waals surface area contributed by atoms with Gasteiger partial charge in [0.15, 0.2) is 0 Å². The summed E-state index contributed by atoms with van der Waals surface area (Å²) in [6.07, 6.45) is 4.35. The first-order chi connectivity index (χ1) is 17.2. The van der Waals surface area contributed by atoms with Crippen molar-refractivity contribution in [1.29, 1.82) is 0 Å². The molecule has 1 aliphatic heterocycles. The fraction of sp³-hybridized carbons (Fsp3) is 0.200. The van der Waals surface area contributed by atoms with Gasteiger partial charge in [-0.1, -0.05) is 60.7 Å². The summed E-state index contributed by atoms with van der Waals surface area (Å²) in [6.45, 7) is 4.04. The number of para-hydroxylation sites is 1. The SMILES string of the molecule is COc1ccc(-c2cc(C(=O)N3CCN(CC=Cc4ccccc4)CC3)c3ccccc3n2)cc1. The molecule has 5 rings (SSSR count). The number of ether oxygens (including phenoxy) is 1. The molecular weight excluding hydrogens is 434 g/mol. The van der Waals surface area contributed by atoms with Crippen LogP contribution in [0.1, 0.15) is 15.9 Å². The van der Waals surface area contributed by atoms with Gasteiger partial charge in [0.25, 0.3) is 5.91 Å². The van der Waals surface area contributed by atoms with Gasteiger partial charge in [-0.3, -0.25) is 9.69 Å². The van der Waals surface area contributed by atoms with Crippen molar-refractivity contribution >= 4 is 22.9 Å². The van der Waals surface area contributed by atoms with Crippen LogP contribution in [0.4, 0.5) is 0 Å². The zero-order valence-electron chi connectivity index (χ0n) is 19.9. The van der Waals surface area contributed by atoms with Crippen LogP contribution in [0, 0.1) is 0 Å². The minimum absolute atomic E-state index is 0.0674. The molecule has 0 bridgehead atoms. The molecule has 1 aromatic heterocycles. The second-order valence-corrected chi connectivity index (χ2v) is 8.71. The maximum atomic E-state index is 13.6. The highest BCUT2D eigenvalue weighted by Gasteiger charge is 2.24. The molecule has 0 spiro atoms. The smallest absolute Gasteiger partial charge is 0.254 e. The standard InChI is InChI=1S/C30H29N3O2/c1-35-25-15-13-24(14-16-25)29-22-27(26-11-5-6-12-28(26)31-29)30(34)33-20-18-32(19-21-33)17-7-10-23-8-3-2-4-9-23/h2-16,22H,17-21H2,1H3. The number of nitrogens with zero attached hydrogens (tertiary/aromatic N) is 3. The van der Waals surface area contributed by atoms with Crippen molar-refractivity contribution < 1.29 is 9.53 Å². The van der Waals surface area contributed by atoms with E-state index >= 15 is 0 Å². The van der Waals surface area contributed by atoms with Gasteiger partial charge in [-0.2, -0.15) is 0 Å². The van der Waals surface area contributed by atoms with Crippen LogP contribution in [-0.4, -0.2) is 60.5 Å². The second kappa shape index (κ2) is 10.5. The molecule has 2 heterocycles. The van der Waals surface area contributed by atoms with E-state index in [0.29, 0.717) is 18.7 Å². The molecule has 1 amide bonds. The number of pyridine rings is 1. The van der Waals surface area contributed by atoms with Gasteiger partial charge < -0.3 is 9.64 Å². The van der Waals surface area contributed by atoms with Crippen molar-refractivity contribution in [3.05, 3.63) is 102 Å². The molecule has 0 saturated carbocycles. The predicted octanol–water partition coefficient (Wildman–Crippen LogP) is 5.38. The minimum atomic E-state index is 0.0674. The Morgan fingerprint density at radius 2 is 1.63 bits per heavy atom. The van der Waals surface area contributed by atoms with Crippen molar-refractivity contribution in [3.63, 3.8) is 0 Å². The Balaban J connectivity index is 1.31. The molecule has 0 radical (unpaired) electrons. The van der Waals surface area contributed by atoms with E-state index in [1.165, 1.54) is 5.56 Å². The van der Waals surface area contributed by atoms with Gasteiger partial charge >= 0.3 is 0 Å². The Hall–Kier alpha value is -3.96. The number of carbonyl (C=O) groups excluding carboxylic acids is 1. The van der Waals surface area contributed by atoms with Crippen LogP contribution in [0.3, 0.4) is 0 Å². The molecule has 0 N–H and O–H groups in total. The number of fused-ring (bicyclic) bond motifs is 1. The van der Waals surface area contributed by atoms with Gasteiger partial charge in [-0.15, -0.1) is 0 Å². The fourth-order valence-electron chi connectivity index (χ4n) is 4.47. The second-order valence-electron chi connectivity index (χ2n) is 8.71. The van der Waals surface area contributed by atoms with Gasteiger partial charge in [0.2, 0.25) is 0 Å². The average Bonchev–Trinajstić information content (AvgIpc) is 2.93. The lowest BCUT2D eigenvalue weighted by Gasteiger charge is -2.34. The molecule has 1 saturated heterocycles. The third kappa shape index (κ3) is 5.26. The van der Waals surface area contributed by atoms with Crippen molar-refractivity contribution in [3.8, 4) is 17.0 Å². The molecule has 4 aromatic rings. The van der Waals surface area contributed by atoms with Crippen molar-refractivity contribution in [2.75, 3.05) is 39.8 Å². The summed E-state index contributed by atoms with van der Waals surface area (Å²) >= 11 is 0. The number of carbonyl (C=O) groups is 1. The predicted molar refractivity (Wildman–Crippen MR) is 142 cm³/mol. The maximum absolute atomic E-state index is 13.6. The van der Waals surface area contributed by atoms with Crippen LogP contribution in [0.5, 0.6) is 5.75 Å². The third-order valence-electron chi connectivity index (χ3n) is 6.47. The molecule has 3 aromatic carbocycles. The van der Waals surface area contributed by atoms with Gasteiger partial charge in [0.05, 0.1) is 23.9 Å². The number of benzene rings is 3. The number of hydrogen-bond acceptors (Lipinski definition) is 4. The Labute approximate surface area is 206 Å². The number of hydrogen-bond donors (Lipinski definition) is 0. The van der Waals surface area contributed by atoms with Crippen LogP contribution in [-0.2, 0) is 0 Å². The lowest BCUT2D eigenvalue weighted by atomic mass is 10.0. The monoisotopic (exact) mass is 463 g/mol. The number of methoxy groups -OCH3 is 1. The summed E-state index contributed by atoms with van der Waals surface area (Å²) in [7, 11) is 1.65. The van der Waals surface area contributed by atoms with E-state index in [1.807, 2.05) is 77.7 Å². The molecule has 35 heavy (non-hydrogen) atoms. The highest BCUT2D eigenvalue weighted by Crippen LogP contribution is 2.27.